The number of halogens is 1. The minimum Gasteiger partial charge on any atom is -0.464 e. The fraction of sp³-hybridized carbons (Fsp3) is 0.229. The maximum absolute atomic E-state index is 14.2. The zero-order valence-corrected chi connectivity index (χ0v) is 24.7. The predicted molar refractivity (Wildman–Crippen MR) is 167 cm³/mol. The van der Waals surface area contributed by atoms with Gasteiger partial charge in [-0.2, -0.15) is 5.01 Å². The second-order valence-electron chi connectivity index (χ2n) is 11.6. The molecule has 1 aromatic heterocycles. The Balaban J connectivity index is 1.18. The Morgan fingerprint density at radius 3 is 2.58 bits per heavy atom. The lowest BCUT2D eigenvalue weighted by Crippen LogP contribution is -2.65. The van der Waals surface area contributed by atoms with Crippen LogP contribution in [0.4, 0.5) is 9.18 Å². The molecule has 0 spiro atoms. The van der Waals surface area contributed by atoms with Crippen LogP contribution in [0.15, 0.2) is 102 Å². The lowest BCUT2D eigenvalue weighted by Gasteiger charge is -2.46. The van der Waals surface area contributed by atoms with Crippen LogP contribution in [0, 0.1) is 5.82 Å². The summed E-state index contributed by atoms with van der Waals surface area (Å²) in [4.78, 5) is 44.6. The number of rotatable bonds is 7. The number of carbonyl (C=O) groups is 3. The molecule has 4 amide bonds. The molecule has 0 bridgehead atoms. The highest BCUT2D eigenvalue weighted by atomic mass is 19.1. The fourth-order valence-electron chi connectivity index (χ4n) is 6.46. The number of amides is 4. The summed E-state index contributed by atoms with van der Waals surface area (Å²) in [6.07, 6.45) is 1.40. The normalized spacial score (nSPS) is 18.5. The maximum atomic E-state index is 14.2. The maximum Gasteiger partial charge on any atom is 0.332 e. The van der Waals surface area contributed by atoms with Crippen molar-refractivity contribution in [3.63, 3.8) is 0 Å². The molecule has 45 heavy (non-hydrogen) atoms. The van der Waals surface area contributed by atoms with Gasteiger partial charge in [0.25, 0.3) is 0 Å². The molecule has 0 aliphatic carbocycles. The molecular formula is C35H32FN5O4. The molecule has 0 unspecified atom stereocenters. The Morgan fingerprint density at radius 1 is 0.956 bits per heavy atom. The number of piperazine rings is 1. The van der Waals surface area contributed by atoms with Gasteiger partial charge in [0.2, 0.25) is 11.8 Å². The highest BCUT2D eigenvalue weighted by molar-refractivity contribution is 5.92. The monoisotopic (exact) mass is 605 g/mol. The molecule has 5 aromatic rings. The number of hydrazine groups is 1. The molecular weight excluding hydrogens is 573 g/mol. The van der Waals surface area contributed by atoms with Gasteiger partial charge in [-0.25, -0.2) is 9.18 Å². The van der Waals surface area contributed by atoms with E-state index in [4.69, 9.17) is 4.42 Å². The number of nitrogens with zero attached hydrogens (tertiary/aromatic N) is 4. The van der Waals surface area contributed by atoms with Gasteiger partial charge in [-0.15, -0.1) is 0 Å². The Labute approximate surface area is 259 Å². The largest absolute Gasteiger partial charge is 0.464 e. The van der Waals surface area contributed by atoms with E-state index in [2.05, 4.69) is 5.32 Å². The lowest BCUT2D eigenvalue weighted by atomic mass is 9.98. The first kappa shape index (κ1) is 28.5. The molecule has 10 heteroatoms. The van der Waals surface area contributed by atoms with Gasteiger partial charge in [0.15, 0.2) is 0 Å². The number of fused-ring (bicyclic) bond motifs is 3. The number of urea groups is 1. The van der Waals surface area contributed by atoms with E-state index in [0.717, 1.165) is 38.4 Å². The van der Waals surface area contributed by atoms with Crippen molar-refractivity contribution in [1.82, 2.24) is 25.1 Å². The lowest BCUT2D eigenvalue weighted by molar-refractivity contribution is -0.157. The van der Waals surface area contributed by atoms with Gasteiger partial charge in [-0.1, -0.05) is 60.7 Å². The van der Waals surface area contributed by atoms with Crippen molar-refractivity contribution in [2.24, 2.45) is 0 Å². The van der Waals surface area contributed by atoms with E-state index in [-0.39, 0.29) is 37.3 Å². The average Bonchev–Trinajstić information content (AvgIpc) is 3.66. The molecule has 0 radical (unpaired) electrons. The minimum absolute atomic E-state index is 0.0439. The van der Waals surface area contributed by atoms with Crippen LogP contribution in [0.3, 0.4) is 0 Å². The van der Waals surface area contributed by atoms with Gasteiger partial charge in [0, 0.05) is 31.9 Å². The van der Waals surface area contributed by atoms with Gasteiger partial charge in [-0.3, -0.25) is 14.6 Å². The minimum atomic E-state index is -0.753. The summed E-state index contributed by atoms with van der Waals surface area (Å²) in [6, 6.07) is 26.5. The topological polar surface area (TPSA) is 89.3 Å². The third-order valence-corrected chi connectivity index (χ3v) is 8.79. The smallest absolute Gasteiger partial charge is 0.332 e. The summed E-state index contributed by atoms with van der Waals surface area (Å²) in [5.41, 5.74) is 3.41. The van der Waals surface area contributed by atoms with E-state index in [9.17, 15) is 18.8 Å². The third-order valence-electron chi connectivity index (χ3n) is 8.79. The highest BCUT2D eigenvalue weighted by Crippen LogP contribution is 2.31. The SMILES string of the molecule is CN(C(=O)NCc1ccc(F)cc1)N1CC(=O)N2[C@@H](Cc3ccc4occc4c3)C(=O)N(Cc3cccc4ccccc34)C[C@@H]21. The molecule has 9 nitrogen and oxygen atoms in total. The van der Waals surface area contributed by atoms with Crippen LogP contribution in [-0.4, -0.2) is 70.0 Å². The van der Waals surface area contributed by atoms with E-state index < -0.39 is 18.2 Å². The van der Waals surface area contributed by atoms with Gasteiger partial charge in [0.05, 0.1) is 19.4 Å². The van der Waals surface area contributed by atoms with Crippen molar-refractivity contribution in [3.05, 3.63) is 120 Å². The first-order valence-electron chi connectivity index (χ1n) is 14.9. The first-order chi connectivity index (χ1) is 21.9. The van der Waals surface area contributed by atoms with Gasteiger partial charge in [-0.05, 0) is 57.8 Å². The Hall–Kier alpha value is -5.22. The summed E-state index contributed by atoms with van der Waals surface area (Å²) in [5.74, 6) is -0.701. The van der Waals surface area contributed by atoms with Crippen LogP contribution >= 0.6 is 0 Å². The fourth-order valence-corrected chi connectivity index (χ4v) is 6.46. The zero-order valence-electron chi connectivity index (χ0n) is 24.7. The van der Waals surface area contributed by atoms with Crippen molar-refractivity contribution in [3.8, 4) is 0 Å². The molecule has 228 valence electrons. The Morgan fingerprint density at radius 2 is 1.73 bits per heavy atom. The van der Waals surface area contributed by atoms with Crippen molar-refractivity contribution in [1.29, 1.82) is 0 Å². The van der Waals surface area contributed by atoms with Crippen LogP contribution in [0.1, 0.15) is 16.7 Å². The van der Waals surface area contributed by atoms with E-state index in [1.54, 1.807) is 40.3 Å². The summed E-state index contributed by atoms with van der Waals surface area (Å²) >= 11 is 0. The number of hydrogen-bond acceptors (Lipinski definition) is 5. The molecule has 2 fully saturated rings. The number of benzene rings is 4. The summed E-state index contributed by atoms with van der Waals surface area (Å²) in [7, 11) is 1.62. The van der Waals surface area contributed by atoms with Crippen molar-refractivity contribution < 1.29 is 23.2 Å². The predicted octanol–water partition coefficient (Wildman–Crippen LogP) is 4.91. The summed E-state index contributed by atoms with van der Waals surface area (Å²) < 4.78 is 18.8. The van der Waals surface area contributed by atoms with Crippen LogP contribution in [-0.2, 0) is 29.1 Å². The molecule has 3 heterocycles. The molecule has 1 N–H and O–H groups in total. The highest BCUT2D eigenvalue weighted by Gasteiger charge is 2.51. The van der Waals surface area contributed by atoms with Gasteiger partial charge in [0.1, 0.15) is 23.6 Å². The molecule has 7 rings (SSSR count). The number of carbonyl (C=O) groups excluding carboxylic acids is 3. The number of furan rings is 1. The first-order valence-corrected chi connectivity index (χ1v) is 14.9. The summed E-state index contributed by atoms with van der Waals surface area (Å²) in [5, 5.41) is 9.05. The van der Waals surface area contributed by atoms with Crippen LogP contribution in [0.25, 0.3) is 21.7 Å². The molecule has 2 atom stereocenters. The third kappa shape index (κ3) is 5.49. The van der Waals surface area contributed by atoms with E-state index in [1.807, 2.05) is 66.7 Å². The number of nitrogens with one attached hydrogen (secondary N) is 1. The van der Waals surface area contributed by atoms with Crippen molar-refractivity contribution in [2.45, 2.75) is 31.7 Å². The van der Waals surface area contributed by atoms with E-state index in [0.29, 0.717) is 13.0 Å². The zero-order chi connectivity index (χ0) is 31.1. The quantitative estimate of drug-likeness (QED) is 0.285. The Bertz CT molecular complexity index is 1900. The van der Waals surface area contributed by atoms with Gasteiger partial charge >= 0.3 is 6.03 Å². The van der Waals surface area contributed by atoms with E-state index in [1.165, 1.54) is 17.1 Å². The molecule has 0 saturated carbocycles. The summed E-state index contributed by atoms with van der Waals surface area (Å²) in [6.45, 7) is 0.757. The van der Waals surface area contributed by atoms with Crippen LogP contribution in [0.2, 0.25) is 0 Å². The van der Waals surface area contributed by atoms with Crippen LogP contribution < -0.4 is 5.32 Å². The average molecular weight is 606 g/mol. The molecule has 2 saturated heterocycles. The van der Waals surface area contributed by atoms with E-state index >= 15 is 0 Å². The molecule has 4 aromatic carbocycles. The second kappa shape index (κ2) is 11.7. The second-order valence-corrected chi connectivity index (χ2v) is 11.6. The number of hydrogen-bond donors (Lipinski definition) is 1. The molecule has 2 aliphatic heterocycles. The van der Waals surface area contributed by atoms with Crippen molar-refractivity contribution in [2.75, 3.05) is 20.1 Å². The van der Waals surface area contributed by atoms with Crippen molar-refractivity contribution >= 4 is 39.6 Å². The van der Waals surface area contributed by atoms with Crippen LogP contribution in [0.5, 0.6) is 0 Å². The Kier molecular flexibility index (Phi) is 7.42. The standard InChI is InChI=1S/C35H32FN5O4/c1-38(35(44)37-19-23-9-12-28(36)13-10-23)40-22-33(42)41-30(18-24-11-14-31-26(17-24)15-16-45-31)34(43)39(21-32(40)41)20-27-7-4-6-25-5-2-3-8-29(25)27/h2-17,30,32H,18-22H2,1H3,(H,37,44)/t30-,32+/m0/s1. The molecule has 2 aliphatic rings. The van der Waals surface area contributed by atoms with Gasteiger partial charge < -0.3 is 19.5 Å².